The lowest BCUT2D eigenvalue weighted by Gasteiger charge is -2.29. The second-order valence-corrected chi connectivity index (χ2v) is 7.92. The summed E-state index contributed by atoms with van der Waals surface area (Å²) in [5.41, 5.74) is 1.06. The zero-order valence-electron chi connectivity index (χ0n) is 14.3. The summed E-state index contributed by atoms with van der Waals surface area (Å²) in [4.78, 5) is 20.2. The lowest BCUT2D eigenvalue weighted by molar-refractivity contribution is -0.121. The molecule has 1 aliphatic rings. The topological polar surface area (TPSA) is 45.2 Å². The summed E-state index contributed by atoms with van der Waals surface area (Å²) < 4.78 is 0. The summed E-state index contributed by atoms with van der Waals surface area (Å²) in [6.07, 6.45) is 4.19. The molecule has 2 heterocycles. The fourth-order valence-corrected chi connectivity index (χ4v) is 3.98. The van der Waals surface area contributed by atoms with Crippen molar-refractivity contribution in [1.29, 1.82) is 0 Å². The third-order valence-electron chi connectivity index (χ3n) is 4.35. The fraction of sp³-hybridized carbons (Fsp3) is 0.765. The number of nitrogens with zero attached hydrogens (tertiary/aromatic N) is 2. The van der Waals surface area contributed by atoms with E-state index in [1.54, 1.807) is 11.3 Å². The Bertz CT molecular complexity index is 498. The molecule has 1 aliphatic heterocycles. The predicted octanol–water partition coefficient (Wildman–Crippen LogP) is 3.31. The monoisotopic (exact) mass is 323 g/mol. The molecule has 1 amide bonds. The third kappa shape index (κ3) is 5.06. The molecule has 1 atom stereocenters. The number of piperidine rings is 1. The van der Waals surface area contributed by atoms with Crippen LogP contribution in [-0.4, -0.2) is 35.9 Å². The Balaban J connectivity index is 1.73. The van der Waals surface area contributed by atoms with Crippen LogP contribution in [0.3, 0.4) is 0 Å². The minimum atomic E-state index is 0.173. The second kappa shape index (κ2) is 8.06. The van der Waals surface area contributed by atoms with Crippen LogP contribution in [0.4, 0.5) is 0 Å². The highest BCUT2D eigenvalue weighted by Gasteiger charge is 2.18. The van der Waals surface area contributed by atoms with Crippen LogP contribution in [0.1, 0.15) is 61.0 Å². The van der Waals surface area contributed by atoms with Crippen molar-refractivity contribution in [2.45, 2.75) is 58.9 Å². The van der Waals surface area contributed by atoms with Gasteiger partial charge in [0.15, 0.2) is 0 Å². The Morgan fingerprint density at radius 2 is 2.27 bits per heavy atom. The molecule has 0 saturated carbocycles. The van der Waals surface area contributed by atoms with E-state index in [1.807, 2.05) is 6.92 Å². The second-order valence-electron chi connectivity index (χ2n) is 6.80. The molecule has 0 bridgehead atoms. The maximum atomic E-state index is 12.1. The Labute approximate surface area is 138 Å². The van der Waals surface area contributed by atoms with Gasteiger partial charge in [0.05, 0.1) is 17.2 Å². The van der Waals surface area contributed by atoms with Crippen molar-refractivity contribution in [3.63, 3.8) is 0 Å². The van der Waals surface area contributed by atoms with Crippen LogP contribution in [0.25, 0.3) is 0 Å². The van der Waals surface area contributed by atoms with E-state index in [1.165, 1.54) is 24.3 Å². The Kier molecular flexibility index (Phi) is 6.38. The SMILES string of the molecule is Cc1nc(C(C)C)sc1CNC(=O)CC[C@H]1CCCN(C)C1. The number of carbonyl (C=O) groups is 1. The maximum absolute atomic E-state index is 12.1. The van der Waals surface area contributed by atoms with Crippen LogP contribution in [0.15, 0.2) is 0 Å². The highest BCUT2D eigenvalue weighted by Crippen LogP contribution is 2.24. The first kappa shape index (κ1) is 17.4. The van der Waals surface area contributed by atoms with Crippen LogP contribution < -0.4 is 5.32 Å². The maximum Gasteiger partial charge on any atom is 0.220 e. The summed E-state index contributed by atoms with van der Waals surface area (Å²) in [7, 11) is 2.17. The van der Waals surface area contributed by atoms with Gasteiger partial charge in [-0.1, -0.05) is 13.8 Å². The highest BCUT2D eigenvalue weighted by atomic mass is 32.1. The first-order valence-corrected chi connectivity index (χ1v) is 9.18. The van der Waals surface area contributed by atoms with Crippen LogP contribution in [0.5, 0.6) is 0 Å². The van der Waals surface area contributed by atoms with Crippen molar-refractivity contribution < 1.29 is 4.79 Å². The molecule has 0 aliphatic carbocycles. The largest absolute Gasteiger partial charge is 0.351 e. The first-order valence-electron chi connectivity index (χ1n) is 8.37. The summed E-state index contributed by atoms with van der Waals surface area (Å²) in [5.74, 6) is 1.31. The van der Waals surface area contributed by atoms with Crippen molar-refractivity contribution in [2.75, 3.05) is 20.1 Å². The van der Waals surface area contributed by atoms with Crippen molar-refractivity contribution in [1.82, 2.24) is 15.2 Å². The molecule has 0 spiro atoms. The normalized spacial score (nSPS) is 19.6. The van der Waals surface area contributed by atoms with Crippen LogP contribution in [0.2, 0.25) is 0 Å². The minimum absolute atomic E-state index is 0.173. The zero-order valence-corrected chi connectivity index (χ0v) is 15.1. The first-order chi connectivity index (χ1) is 10.5. The van der Waals surface area contributed by atoms with Gasteiger partial charge in [-0.2, -0.15) is 0 Å². The number of rotatable bonds is 6. The van der Waals surface area contributed by atoms with Gasteiger partial charge in [0.25, 0.3) is 0 Å². The molecule has 1 aromatic rings. The molecule has 5 heteroatoms. The van der Waals surface area contributed by atoms with E-state index >= 15 is 0 Å². The van der Waals surface area contributed by atoms with Gasteiger partial charge in [0.1, 0.15) is 0 Å². The summed E-state index contributed by atoms with van der Waals surface area (Å²) in [6, 6.07) is 0. The van der Waals surface area contributed by atoms with Gasteiger partial charge in [0.2, 0.25) is 5.91 Å². The number of nitrogens with one attached hydrogen (secondary N) is 1. The van der Waals surface area contributed by atoms with Crippen molar-refractivity contribution >= 4 is 17.2 Å². The Hall–Kier alpha value is -0.940. The molecule has 124 valence electrons. The number of amides is 1. The van der Waals surface area contributed by atoms with Gasteiger partial charge < -0.3 is 10.2 Å². The van der Waals surface area contributed by atoms with Crippen molar-refractivity contribution in [3.05, 3.63) is 15.6 Å². The van der Waals surface area contributed by atoms with Crippen molar-refractivity contribution in [2.24, 2.45) is 5.92 Å². The van der Waals surface area contributed by atoms with E-state index in [4.69, 9.17) is 0 Å². The van der Waals surface area contributed by atoms with Crippen LogP contribution >= 0.6 is 11.3 Å². The number of hydrogen-bond acceptors (Lipinski definition) is 4. The standard InChI is InChI=1S/C17H29N3OS/c1-12(2)17-19-13(3)15(22-17)10-18-16(21)8-7-14-6-5-9-20(4)11-14/h12,14H,5-11H2,1-4H3,(H,18,21)/t14-/m1/s1. The molecule has 1 fully saturated rings. The summed E-state index contributed by atoms with van der Waals surface area (Å²) in [6.45, 7) is 9.30. The van der Waals surface area contributed by atoms with E-state index in [0.29, 0.717) is 24.8 Å². The zero-order chi connectivity index (χ0) is 16.1. The molecular weight excluding hydrogens is 294 g/mol. The molecule has 4 nitrogen and oxygen atoms in total. The molecule has 1 aromatic heterocycles. The lowest BCUT2D eigenvalue weighted by Crippen LogP contribution is -2.33. The molecule has 0 radical (unpaired) electrons. The minimum Gasteiger partial charge on any atom is -0.351 e. The molecule has 22 heavy (non-hydrogen) atoms. The Morgan fingerprint density at radius 1 is 1.50 bits per heavy atom. The lowest BCUT2D eigenvalue weighted by atomic mass is 9.93. The predicted molar refractivity (Wildman–Crippen MR) is 92.2 cm³/mol. The average molecular weight is 324 g/mol. The van der Waals surface area contributed by atoms with E-state index in [-0.39, 0.29) is 5.91 Å². The van der Waals surface area contributed by atoms with E-state index in [2.05, 4.69) is 36.1 Å². The molecule has 2 rings (SSSR count). The fourth-order valence-electron chi connectivity index (χ4n) is 2.97. The van der Waals surface area contributed by atoms with E-state index in [9.17, 15) is 4.79 Å². The summed E-state index contributed by atoms with van der Waals surface area (Å²) in [5, 5.41) is 4.22. The number of carbonyl (C=O) groups excluding carboxylic acids is 1. The van der Waals surface area contributed by atoms with E-state index < -0.39 is 0 Å². The quantitative estimate of drug-likeness (QED) is 0.873. The number of aromatic nitrogens is 1. The van der Waals surface area contributed by atoms with Crippen molar-refractivity contribution in [3.8, 4) is 0 Å². The summed E-state index contributed by atoms with van der Waals surface area (Å²) >= 11 is 1.72. The molecule has 0 aromatic carbocycles. The smallest absolute Gasteiger partial charge is 0.220 e. The molecule has 1 saturated heterocycles. The Morgan fingerprint density at radius 3 is 2.91 bits per heavy atom. The van der Waals surface area contributed by atoms with Gasteiger partial charge in [-0.05, 0) is 45.7 Å². The molecule has 0 unspecified atom stereocenters. The number of thiazole rings is 1. The van der Waals surface area contributed by atoms with E-state index in [0.717, 1.165) is 23.7 Å². The van der Waals surface area contributed by atoms with Crippen LogP contribution in [0, 0.1) is 12.8 Å². The number of hydrogen-bond donors (Lipinski definition) is 1. The van der Waals surface area contributed by atoms with Crippen LogP contribution in [-0.2, 0) is 11.3 Å². The van der Waals surface area contributed by atoms with Gasteiger partial charge in [-0.25, -0.2) is 4.98 Å². The number of likely N-dealkylation sites (tertiary alicyclic amines) is 1. The highest BCUT2D eigenvalue weighted by molar-refractivity contribution is 7.11. The number of aryl methyl sites for hydroxylation is 1. The van der Waals surface area contributed by atoms with Gasteiger partial charge in [-0.3, -0.25) is 4.79 Å². The van der Waals surface area contributed by atoms with Gasteiger partial charge >= 0.3 is 0 Å². The van der Waals surface area contributed by atoms with Gasteiger partial charge in [-0.15, -0.1) is 11.3 Å². The third-order valence-corrected chi connectivity index (χ3v) is 5.81. The average Bonchev–Trinajstić information content (AvgIpc) is 2.84. The molecule has 1 N–H and O–H groups in total. The van der Waals surface area contributed by atoms with Gasteiger partial charge in [0, 0.05) is 23.8 Å². The molecular formula is C17H29N3OS.